The van der Waals surface area contributed by atoms with Gasteiger partial charge in [0.2, 0.25) is 5.91 Å². The van der Waals surface area contributed by atoms with Crippen molar-refractivity contribution in [1.82, 2.24) is 14.9 Å². The van der Waals surface area contributed by atoms with Gasteiger partial charge >= 0.3 is 0 Å². The molecule has 1 heterocycles. The summed E-state index contributed by atoms with van der Waals surface area (Å²) in [4.78, 5) is 20.3. The van der Waals surface area contributed by atoms with Crippen LogP contribution in [0.15, 0.2) is 24.5 Å². The number of aromatic amines is 1. The molecule has 1 amide bonds. The minimum absolute atomic E-state index is 0.112. The molecule has 16 heavy (non-hydrogen) atoms. The number of carbonyl (C=O) groups excluding carboxylic acids is 1. The molecule has 2 rings (SSSR count). The fourth-order valence-corrected chi connectivity index (χ4v) is 1.57. The number of nitrogens with two attached hydrogens (primary N) is 1. The number of H-pyrrole nitrogens is 1. The van der Waals surface area contributed by atoms with Gasteiger partial charge in [0.05, 0.1) is 17.4 Å². The smallest absolute Gasteiger partial charge is 0.243 e. The first kappa shape index (κ1) is 10.6. The molecule has 0 saturated heterocycles. The van der Waals surface area contributed by atoms with Crippen LogP contribution in [-0.4, -0.2) is 34.9 Å². The Labute approximate surface area is 93.3 Å². The maximum atomic E-state index is 11.7. The number of likely N-dealkylation sites (N-methyl/N-ethyl adjacent to an activating group) is 1. The third-order valence-corrected chi connectivity index (χ3v) is 2.51. The van der Waals surface area contributed by atoms with Crippen molar-refractivity contribution < 1.29 is 4.79 Å². The molecular weight excluding hydrogens is 204 g/mol. The molecule has 0 saturated carbocycles. The van der Waals surface area contributed by atoms with Crippen LogP contribution in [-0.2, 0) is 4.79 Å². The Bertz CT molecular complexity index is 517. The number of nitrogens with zero attached hydrogens (tertiary/aromatic N) is 2. The van der Waals surface area contributed by atoms with E-state index in [0.29, 0.717) is 0 Å². The van der Waals surface area contributed by atoms with Crippen molar-refractivity contribution in [2.24, 2.45) is 5.73 Å². The highest BCUT2D eigenvalue weighted by atomic mass is 16.2. The first-order chi connectivity index (χ1) is 7.59. The predicted octanol–water partition coefficient (Wildman–Crippen LogP) is 0.651. The van der Waals surface area contributed by atoms with Gasteiger partial charge in [0.1, 0.15) is 6.04 Å². The largest absolute Gasteiger partial charge is 0.347 e. The Morgan fingerprint density at radius 3 is 2.94 bits per heavy atom. The minimum atomic E-state index is -0.623. The van der Waals surface area contributed by atoms with E-state index in [4.69, 9.17) is 5.73 Å². The number of nitrogens with one attached hydrogen (secondary N) is 1. The van der Waals surface area contributed by atoms with Crippen LogP contribution in [0.4, 0.5) is 0 Å². The molecule has 0 bridgehead atoms. The van der Waals surface area contributed by atoms with Gasteiger partial charge in [0, 0.05) is 14.1 Å². The van der Waals surface area contributed by atoms with E-state index in [0.717, 1.165) is 16.6 Å². The van der Waals surface area contributed by atoms with Gasteiger partial charge in [-0.1, -0.05) is 6.07 Å². The maximum absolute atomic E-state index is 11.7. The Hall–Kier alpha value is -1.88. The molecule has 0 aliphatic rings. The van der Waals surface area contributed by atoms with E-state index in [2.05, 4.69) is 9.97 Å². The van der Waals surface area contributed by atoms with Gasteiger partial charge in [-0.2, -0.15) is 0 Å². The molecule has 0 spiro atoms. The number of hydrogen-bond donors (Lipinski definition) is 2. The highest BCUT2D eigenvalue weighted by Crippen LogP contribution is 2.17. The topological polar surface area (TPSA) is 75.0 Å². The van der Waals surface area contributed by atoms with E-state index in [1.165, 1.54) is 4.90 Å². The molecule has 5 nitrogen and oxygen atoms in total. The monoisotopic (exact) mass is 218 g/mol. The van der Waals surface area contributed by atoms with Crippen molar-refractivity contribution in [1.29, 1.82) is 0 Å². The average molecular weight is 218 g/mol. The van der Waals surface area contributed by atoms with Crippen LogP contribution in [0.5, 0.6) is 0 Å². The number of rotatable bonds is 2. The zero-order valence-corrected chi connectivity index (χ0v) is 9.27. The fraction of sp³-hybridized carbons (Fsp3) is 0.273. The molecular formula is C11H14N4O. The third kappa shape index (κ3) is 1.77. The lowest BCUT2D eigenvalue weighted by Crippen LogP contribution is -2.33. The van der Waals surface area contributed by atoms with Gasteiger partial charge in [0.25, 0.3) is 0 Å². The maximum Gasteiger partial charge on any atom is 0.243 e. The molecule has 3 N–H and O–H groups in total. The molecule has 0 aliphatic heterocycles. The van der Waals surface area contributed by atoms with E-state index in [1.54, 1.807) is 20.4 Å². The summed E-state index contributed by atoms with van der Waals surface area (Å²) in [6, 6.07) is 4.91. The molecule has 0 radical (unpaired) electrons. The van der Waals surface area contributed by atoms with Gasteiger partial charge in [-0.3, -0.25) is 4.79 Å². The molecule has 0 fully saturated rings. The minimum Gasteiger partial charge on any atom is -0.347 e. The van der Waals surface area contributed by atoms with Crippen LogP contribution in [0.2, 0.25) is 0 Å². The van der Waals surface area contributed by atoms with E-state index >= 15 is 0 Å². The van der Waals surface area contributed by atoms with Crippen LogP contribution in [0.1, 0.15) is 11.6 Å². The summed E-state index contributed by atoms with van der Waals surface area (Å²) in [6.45, 7) is 0. The van der Waals surface area contributed by atoms with Gasteiger partial charge in [-0.05, 0) is 17.7 Å². The number of hydrogen-bond acceptors (Lipinski definition) is 3. The number of benzene rings is 1. The number of imidazole rings is 1. The van der Waals surface area contributed by atoms with E-state index in [1.807, 2.05) is 18.2 Å². The van der Waals surface area contributed by atoms with Crippen molar-refractivity contribution in [2.75, 3.05) is 14.1 Å². The second-order valence-electron chi connectivity index (χ2n) is 3.89. The summed E-state index contributed by atoms with van der Waals surface area (Å²) in [5.74, 6) is -0.112. The Morgan fingerprint density at radius 1 is 1.50 bits per heavy atom. The highest BCUT2D eigenvalue weighted by molar-refractivity contribution is 5.84. The number of aromatic nitrogens is 2. The number of amides is 1. The van der Waals surface area contributed by atoms with Crippen LogP contribution >= 0.6 is 0 Å². The predicted molar refractivity (Wildman–Crippen MR) is 61.7 cm³/mol. The summed E-state index contributed by atoms with van der Waals surface area (Å²) in [7, 11) is 3.38. The molecule has 84 valence electrons. The quantitative estimate of drug-likeness (QED) is 0.777. The molecule has 1 atom stereocenters. The van der Waals surface area contributed by atoms with Crippen molar-refractivity contribution in [3.8, 4) is 0 Å². The molecule has 1 aromatic heterocycles. The zero-order chi connectivity index (χ0) is 11.7. The molecule has 2 aromatic rings. The van der Waals surface area contributed by atoms with E-state index < -0.39 is 6.04 Å². The molecule has 0 aliphatic carbocycles. The SMILES string of the molecule is CN(C)C(=O)C(N)c1ccc2nc[nH]c2c1. The lowest BCUT2D eigenvalue weighted by atomic mass is 10.1. The van der Waals surface area contributed by atoms with Gasteiger partial charge in [0.15, 0.2) is 0 Å². The Kier molecular flexibility index (Phi) is 2.62. The average Bonchev–Trinajstić information content (AvgIpc) is 2.73. The highest BCUT2D eigenvalue weighted by Gasteiger charge is 2.17. The summed E-state index contributed by atoms with van der Waals surface area (Å²) in [6.07, 6.45) is 1.62. The molecule has 1 unspecified atom stereocenters. The third-order valence-electron chi connectivity index (χ3n) is 2.51. The fourth-order valence-electron chi connectivity index (χ4n) is 1.57. The number of carbonyl (C=O) groups is 1. The summed E-state index contributed by atoms with van der Waals surface area (Å²) in [5, 5.41) is 0. The van der Waals surface area contributed by atoms with Gasteiger partial charge in [-0.25, -0.2) is 4.98 Å². The van der Waals surface area contributed by atoms with E-state index in [-0.39, 0.29) is 5.91 Å². The van der Waals surface area contributed by atoms with Crippen molar-refractivity contribution in [3.05, 3.63) is 30.1 Å². The summed E-state index contributed by atoms with van der Waals surface area (Å²) >= 11 is 0. The van der Waals surface area contributed by atoms with Crippen molar-refractivity contribution >= 4 is 16.9 Å². The van der Waals surface area contributed by atoms with Gasteiger partial charge < -0.3 is 15.6 Å². The Morgan fingerprint density at radius 2 is 2.25 bits per heavy atom. The first-order valence-corrected chi connectivity index (χ1v) is 4.99. The second kappa shape index (κ2) is 3.94. The molecule has 1 aromatic carbocycles. The van der Waals surface area contributed by atoms with Crippen LogP contribution in [0.25, 0.3) is 11.0 Å². The second-order valence-corrected chi connectivity index (χ2v) is 3.89. The molecule has 5 heteroatoms. The zero-order valence-electron chi connectivity index (χ0n) is 9.27. The number of fused-ring (bicyclic) bond motifs is 1. The lowest BCUT2D eigenvalue weighted by Gasteiger charge is -2.16. The van der Waals surface area contributed by atoms with Gasteiger partial charge in [-0.15, -0.1) is 0 Å². The van der Waals surface area contributed by atoms with Crippen LogP contribution in [0, 0.1) is 0 Å². The van der Waals surface area contributed by atoms with Crippen molar-refractivity contribution in [2.45, 2.75) is 6.04 Å². The Balaban J connectivity index is 2.35. The summed E-state index contributed by atoms with van der Waals surface area (Å²) < 4.78 is 0. The normalized spacial score (nSPS) is 12.7. The summed E-state index contributed by atoms with van der Waals surface area (Å²) in [5.41, 5.74) is 8.42. The van der Waals surface area contributed by atoms with Crippen LogP contribution < -0.4 is 5.73 Å². The lowest BCUT2D eigenvalue weighted by molar-refractivity contribution is -0.130. The first-order valence-electron chi connectivity index (χ1n) is 4.99. The van der Waals surface area contributed by atoms with E-state index in [9.17, 15) is 4.79 Å². The van der Waals surface area contributed by atoms with Crippen LogP contribution in [0.3, 0.4) is 0 Å². The van der Waals surface area contributed by atoms with Crippen molar-refractivity contribution in [3.63, 3.8) is 0 Å². The standard InChI is InChI=1S/C11H14N4O/c1-15(2)11(16)10(12)7-3-4-8-9(5-7)14-6-13-8/h3-6,10H,12H2,1-2H3,(H,13,14).